The first-order chi connectivity index (χ1) is 40.6. The van der Waals surface area contributed by atoms with Gasteiger partial charge < -0.3 is 60.3 Å². The number of nitrogens with one attached hydrogen (secondary N) is 2. The van der Waals surface area contributed by atoms with Crippen LogP contribution < -0.4 is 29.6 Å². The number of nitrogens with zero attached hydrogens (tertiary/aromatic N) is 6. The van der Waals surface area contributed by atoms with Gasteiger partial charge in [0.2, 0.25) is 25.4 Å². The number of aromatic hydroxyl groups is 4. The molecular weight excluding hydrogens is 1650 g/mol. The molecule has 22 nitrogen and oxygen atoms in total. The van der Waals surface area contributed by atoms with E-state index in [4.69, 9.17) is 34.3 Å². The summed E-state index contributed by atoms with van der Waals surface area (Å²) in [4.78, 5) is 42.9. The van der Waals surface area contributed by atoms with Crippen LogP contribution in [-0.4, -0.2) is 144 Å². The van der Waals surface area contributed by atoms with Crippen LogP contribution in [0, 0.1) is 151 Å². The largest absolute Gasteiger partial charge is 0.507 e. The Morgan fingerprint density at radius 1 is 0.614 bits per heavy atom. The molecule has 8 N–H and O–H groups in total. The van der Waals surface area contributed by atoms with Crippen LogP contribution in [0.5, 0.6) is 46.0 Å². The number of carbonyl (C=O) groups is 2. The maximum atomic E-state index is 12.9. The summed E-state index contributed by atoms with van der Waals surface area (Å²) < 4.78 is 23.5. The van der Waals surface area contributed by atoms with Crippen molar-refractivity contribution in [3.8, 4) is 52.1 Å². The molecule has 475 valence electrons. The first-order valence-corrected chi connectivity index (χ1v) is 29.9. The van der Waals surface area contributed by atoms with Gasteiger partial charge in [-0.15, -0.1) is 10.1 Å². The van der Waals surface area contributed by atoms with E-state index in [1.165, 1.54) is 0 Å². The number of carbonyl (C=O) groups excluding carboxylic acids is 2. The van der Waals surface area contributed by atoms with Crippen LogP contribution in [0.2, 0.25) is 0 Å². The maximum absolute atomic E-state index is 12.9. The van der Waals surface area contributed by atoms with Crippen molar-refractivity contribution in [3.05, 3.63) is 100 Å². The number of phenolic OH excluding ortho intramolecular Hbond substituents is 4. The molecule has 0 saturated carbocycles. The van der Waals surface area contributed by atoms with E-state index >= 15 is 0 Å². The number of aryl methyl sites for hydroxylation is 2. The number of hydrogen-bond donors (Lipinski definition) is 8. The third-order valence-electron chi connectivity index (χ3n) is 19.8. The van der Waals surface area contributed by atoms with E-state index in [1.807, 2.05) is 55.6 Å². The fourth-order valence-electron chi connectivity index (χ4n) is 15.3. The molecule has 12 rings (SSSR count). The molecule has 8 aliphatic heterocycles. The first kappa shape index (κ1) is 71.8. The maximum Gasteiger partial charge on any atom is 0.291 e. The summed E-state index contributed by atoms with van der Waals surface area (Å²) in [5.74, 6) is 3.11. The number of benzene rings is 4. The molecule has 2 unspecified atom stereocenters. The van der Waals surface area contributed by atoms with Gasteiger partial charge in [0.1, 0.15) is 35.3 Å². The van der Waals surface area contributed by atoms with Crippen LogP contribution in [0.15, 0.2) is 12.1 Å². The third-order valence-corrected chi connectivity index (χ3v) is 19.8. The molecule has 2 saturated heterocycles. The number of ether oxygens (including phenoxy) is 4. The molecule has 2 amide bonds. The number of likely N-dealkylation sites (N-methyl/N-ethyl adjacent to an activating group) is 2. The van der Waals surface area contributed by atoms with Crippen molar-refractivity contribution in [1.29, 1.82) is 5.26 Å². The summed E-state index contributed by atoms with van der Waals surface area (Å²) in [5, 5.41) is 88.4. The summed E-state index contributed by atoms with van der Waals surface area (Å²) in [6.07, 6.45) is 7.93. The van der Waals surface area contributed by atoms with Crippen molar-refractivity contribution >= 4 is 11.8 Å². The number of phenols is 4. The van der Waals surface area contributed by atoms with E-state index in [2.05, 4.69) is 62.3 Å². The number of nitriles is 1. The minimum Gasteiger partial charge on any atom is -0.507 e. The Hall–Kier alpha value is -3.67. The minimum atomic E-state index is -1.50. The van der Waals surface area contributed by atoms with Crippen molar-refractivity contribution in [1.82, 2.24) is 30.2 Å². The van der Waals surface area contributed by atoms with Crippen LogP contribution in [0.25, 0.3) is 0 Å². The molecule has 88 heavy (non-hydrogen) atoms. The van der Waals surface area contributed by atoms with Crippen LogP contribution >= 0.6 is 0 Å². The summed E-state index contributed by atoms with van der Waals surface area (Å²) >= 11 is 0. The summed E-state index contributed by atoms with van der Waals surface area (Å²) in [5.41, 5.74) is 12.1. The molecule has 3 radical (unpaired) electrons. The van der Waals surface area contributed by atoms with Crippen LogP contribution in [0.1, 0.15) is 167 Å². The second-order valence-electron chi connectivity index (χ2n) is 24.3. The predicted molar refractivity (Wildman–Crippen MR) is 312 cm³/mol. The molecule has 2 fully saturated rings. The van der Waals surface area contributed by atoms with Gasteiger partial charge in [-0.1, -0.05) is 51.7 Å². The van der Waals surface area contributed by atoms with Gasteiger partial charge in [-0.3, -0.25) is 29.2 Å². The summed E-state index contributed by atoms with van der Waals surface area (Å²) in [7, 11) is 4.05. The van der Waals surface area contributed by atoms with Gasteiger partial charge in [-0.25, -0.2) is 0 Å². The van der Waals surface area contributed by atoms with E-state index in [9.17, 15) is 40.4 Å². The van der Waals surface area contributed by atoms with E-state index in [0.717, 1.165) is 105 Å². The number of piperazine rings is 2. The Bertz CT molecular complexity index is 3370. The second-order valence-corrected chi connectivity index (χ2v) is 24.3. The van der Waals surface area contributed by atoms with Gasteiger partial charge >= 0.3 is 0 Å². The average Bonchev–Trinajstić information content (AvgIpc) is 1.46. The van der Waals surface area contributed by atoms with Crippen molar-refractivity contribution in [2.24, 2.45) is 0 Å². The molecule has 4 aromatic carbocycles. The average molecular weight is 1740 g/mol. The zero-order valence-electron chi connectivity index (χ0n) is 51.8. The van der Waals surface area contributed by atoms with E-state index in [-0.39, 0.29) is 197 Å². The van der Waals surface area contributed by atoms with E-state index in [0.29, 0.717) is 84.1 Å². The molecule has 25 heteroatoms. The Labute approximate surface area is 601 Å². The molecular formula is C63H82Ac2AgN8O14. The van der Waals surface area contributed by atoms with Crippen LogP contribution in [-0.2, 0) is 57.7 Å². The Kier molecular flexibility index (Phi) is 24.1. The summed E-state index contributed by atoms with van der Waals surface area (Å²) in [6.45, 7) is 16.4. The van der Waals surface area contributed by atoms with Crippen molar-refractivity contribution in [2.45, 2.75) is 193 Å². The fourth-order valence-corrected chi connectivity index (χ4v) is 15.3. The van der Waals surface area contributed by atoms with E-state index in [1.54, 1.807) is 0 Å². The van der Waals surface area contributed by atoms with Crippen LogP contribution in [0.4, 0.5) is 0 Å². The number of fused-ring (bicyclic) bond motifs is 18. The monoisotopic (exact) mass is 1740 g/mol. The minimum absolute atomic E-state index is 0. The number of aliphatic hydroxyl groups excluding tert-OH is 1. The summed E-state index contributed by atoms with van der Waals surface area (Å²) in [6, 6.07) is 4.36. The molecule has 8 heterocycles. The normalized spacial score (nSPS) is 24.6. The predicted octanol–water partition coefficient (Wildman–Crippen LogP) is 7.52. The Morgan fingerprint density at radius 2 is 1.00 bits per heavy atom. The molecule has 0 aliphatic carbocycles. The number of rotatable bonds is 12. The van der Waals surface area contributed by atoms with Crippen LogP contribution in [0.3, 0.4) is 0 Å². The number of unbranched alkanes of at least 4 members (excludes halogenated alkanes) is 4. The molecule has 8 aliphatic rings. The van der Waals surface area contributed by atoms with Crippen molar-refractivity contribution in [2.75, 3.05) is 40.8 Å². The van der Waals surface area contributed by atoms with Gasteiger partial charge in [0, 0.05) is 199 Å². The molecule has 0 aromatic heterocycles. The standard InChI is InChI=1S/C32H40N4O5.C31H41N3O6.2Ac.Ag.HNO3/c1-6-7-8-9-25(37)34-14-24-27-20(29(38)18(4)31-32(27)41-15-40-31)12-22-28-26-19(10-16(2)17(3)30(26)39)11-21(35(28)5)23(13-33)36(22)24;1-6-7-8-9-23(35)32-13-22-25-19(27(36)17(4)29-30(25)40-14-39-29)12-20-26-24-18(10-15(2)16(3)28(24)37)11-21(33(26)5)31(38)34(20)22;;;;2-1(3)4/h10,21-24,28,38-39H,6-9,11-12,14-15H2,1-5H3,(H,34,37);10,20-22,26,31,36-38H,6-9,11-14H2,1-5H3,(H,32,35);;;;(H,2,3,4)/t21-,22?,23-,24-,28-;20?,21-,22-,26-,31-;;;;/m00..../s1. The van der Waals surface area contributed by atoms with Gasteiger partial charge in [0.15, 0.2) is 23.0 Å². The number of hydrogen-bond acceptors (Lipinski definition) is 18. The van der Waals surface area contributed by atoms with Crippen molar-refractivity contribution < 1.29 is 175 Å². The zero-order chi connectivity index (χ0) is 61.2. The van der Waals surface area contributed by atoms with Gasteiger partial charge in [-0.2, -0.15) is 5.26 Å². The number of aliphatic hydroxyl groups is 1. The van der Waals surface area contributed by atoms with E-state index < -0.39 is 29.4 Å². The van der Waals surface area contributed by atoms with Gasteiger partial charge in [0.05, 0.1) is 36.3 Å². The van der Waals surface area contributed by atoms with Gasteiger partial charge in [-0.05, 0) is 128 Å². The number of amides is 2. The fraction of sp³-hybridized carbons (Fsp3) is 0.571. The Balaban J connectivity index is 0.000000229. The third kappa shape index (κ3) is 12.8. The SMILES string of the molecule is CCCCCC(=O)NC[C@H]1c2c(c(O)c(C)c3c2OCO3)CC2[C@H]3c4c(cc(C)c(C)c4O)C[C@@H]([C@H](C#N)N21)N3C.CCCCCC(=O)NC[C@H]1c2c(c(O)c(C)c3c2OCO3)CC2[C@H]3c4c(cc(C)c(C)c4O)C[C@@H]([C@H](O)N21)N3C.O=[N+]([O-])O.[Ac].[Ac].[Ag]. The van der Waals surface area contributed by atoms with Crippen molar-refractivity contribution in [3.63, 3.8) is 0 Å². The molecule has 10 atom stereocenters. The smallest absolute Gasteiger partial charge is 0.291 e. The molecule has 0 spiro atoms. The van der Waals surface area contributed by atoms with Gasteiger partial charge in [0.25, 0.3) is 5.09 Å². The second kappa shape index (κ2) is 29.5. The quantitative estimate of drug-likeness (QED) is 0.0294. The Morgan fingerprint density at radius 3 is 1.42 bits per heavy atom. The first-order valence-electron chi connectivity index (χ1n) is 29.9. The zero-order valence-corrected chi connectivity index (χ0v) is 62.8. The topological polar surface area (TPSA) is 296 Å². The molecule has 4 aromatic rings. The molecule has 4 bridgehead atoms.